The van der Waals surface area contributed by atoms with Gasteiger partial charge in [-0.05, 0) is 25.7 Å². The minimum atomic E-state index is -3.36. The zero-order valence-corrected chi connectivity index (χ0v) is 13.3. The van der Waals surface area contributed by atoms with Crippen LogP contribution in [0.15, 0.2) is 0 Å². The molecular formula is C14H28N2O3S. The molecule has 1 aliphatic heterocycles. The number of nitrogens with one attached hydrogen (secondary N) is 1. The first-order valence-corrected chi connectivity index (χ1v) is 9.38. The Bertz CT molecular complexity index is 378. The summed E-state index contributed by atoms with van der Waals surface area (Å²) in [6.45, 7) is 1.30. The summed E-state index contributed by atoms with van der Waals surface area (Å²) < 4.78 is 35.1. The van der Waals surface area contributed by atoms with Crippen LogP contribution in [-0.2, 0) is 14.9 Å². The number of hydrogen-bond donors (Lipinski definition) is 1. The lowest BCUT2D eigenvalue weighted by molar-refractivity contribution is 0.0696. The van der Waals surface area contributed by atoms with E-state index in [1.807, 2.05) is 0 Å². The molecule has 1 saturated carbocycles. The second-order valence-electron chi connectivity index (χ2n) is 5.95. The van der Waals surface area contributed by atoms with Gasteiger partial charge in [-0.15, -0.1) is 0 Å². The molecule has 20 heavy (non-hydrogen) atoms. The van der Waals surface area contributed by atoms with E-state index in [9.17, 15) is 8.42 Å². The van der Waals surface area contributed by atoms with Gasteiger partial charge in [-0.25, -0.2) is 0 Å². The molecule has 1 saturated heterocycles. The van der Waals surface area contributed by atoms with Gasteiger partial charge in [-0.3, -0.25) is 0 Å². The standard InChI is InChI=1S/C14H28N2O3S/c1-19-14-10-6-4-5-9-13(14)15-20(17,18)16-11-7-2-3-8-12-16/h13-15H,2-12H2,1H3/t13-,14-/m0/s1. The molecule has 0 aromatic rings. The lowest BCUT2D eigenvalue weighted by atomic mass is 10.1. The average Bonchev–Trinajstić information content (AvgIpc) is 2.80. The molecule has 2 atom stereocenters. The lowest BCUT2D eigenvalue weighted by Crippen LogP contribution is -2.50. The zero-order valence-electron chi connectivity index (χ0n) is 12.5. The number of nitrogens with zero attached hydrogens (tertiary/aromatic N) is 1. The smallest absolute Gasteiger partial charge is 0.279 e. The number of rotatable bonds is 4. The molecule has 0 spiro atoms. The third kappa shape index (κ3) is 4.41. The van der Waals surface area contributed by atoms with Crippen molar-refractivity contribution in [3.63, 3.8) is 0 Å². The molecule has 5 nitrogen and oxygen atoms in total. The number of hydrogen-bond acceptors (Lipinski definition) is 3. The maximum Gasteiger partial charge on any atom is 0.279 e. The lowest BCUT2D eigenvalue weighted by Gasteiger charge is -2.28. The maximum absolute atomic E-state index is 12.5. The molecule has 0 amide bonds. The van der Waals surface area contributed by atoms with Crippen LogP contribution in [0.5, 0.6) is 0 Å². The Kier molecular flexibility index (Phi) is 6.26. The molecule has 1 heterocycles. The molecular weight excluding hydrogens is 276 g/mol. The monoisotopic (exact) mass is 304 g/mol. The summed E-state index contributed by atoms with van der Waals surface area (Å²) in [6, 6.07) is -0.0734. The summed E-state index contributed by atoms with van der Waals surface area (Å²) >= 11 is 0. The molecule has 1 aliphatic carbocycles. The second-order valence-corrected chi connectivity index (χ2v) is 7.66. The molecule has 1 N–H and O–H groups in total. The van der Waals surface area contributed by atoms with E-state index in [0.29, 0.717) is 13.1 Å². The fourth-order valence-electron chi connectivity index (χ4n) is 3.24. The fourth-order valence-corrected chi connectivity index (χ4v) is 4.78. The summed E-state index contributed by atoms with van der Waals surface area (Å²) in [7, 11) is -1.68. The van der Waals surface area contributed by atoms with Crippen LogP contribution in [0.25, 0.3) is 0 Å². The normalized spacial score (nSPS) is 30.6. The molecule has 2 rings (SSSR count). The van der Waals surface area contributed by atoms with Crippen LogP contribution in [0.1, 0.15) is 57.8 Å². The molecule has 0 aromatic heterocycles. The van der Waals surface area contributed by atoms with E-state index in [-0.39, 0.29) is 12.1 Å². The molecule has 2 fully saturated rings. The second kappa shape index (κ2) is 7.73. The van der Waals surface area contributed by atoms with Crippen molar-refractivity contribution in [3.05, 3.63) is 0 Å². The van der Waals surface area contributed by atoms with Gasteiger partial charge in [-0.2, -0.15) is 17.4 Å². The van der Waals surface area contributed by atoms with Crippen LogP contribution in [0.4, 0.5) is 0 Å². The van der Waals surface area contributed by atoms with Crippen LogP contribution in [-0.4, -0.2) is 45.1 Å². The van der Waals surface area contributed by atoms with Crippen molar-refractivity contribution < 1.29 is 13.2 Å². The summed E-state index contributed by atoms with van der Waals surface area (Å²) in [5.74, 6) is 0. The fraction of sp³-hybridized carbons (Fsp3) is 1.00. The highest BCUT2D eigenvalue weighted by atomic mass is 32.2. The van der Waals surface area contributed by atoms with Gasteiger partial charge >= 0.3 is 0 Å². The van der Waals surface area contributed by atoms with Gasteiger partial charge in [0, 0.05) is 26.2 Å². The van der Waals surface area contributed by atoms with Gasteiger partial charge in [0.2, 0.25) is 0 Å². The van der Waals surface area contributed by atoms with E-state index in [0.717, 1.165) is 51.4 Å². The SMILES string of the molecule is CO[C@H]1CCCCC[C@@H]1NS(=O)(=O)N1CCCCCC1. The van der Waals surface area contributed by atoms with Crippen molar-refractivity contribution in [1.29, 1.82) is 0 Å². The van der Waals surface area contributed by atoms with Crippen molar-refractivity contribution in [2.75, 3.05) is 20.2 Å². The van der Waals surface area contributed by atoms with Crippen LogP contribution in [0.2, 0.25) is 0 Å². The number of ether oxygens (including phenoxy) is 1. The highest BCUT2D eigenvalue weighted by Crippen LogP contribution is 2.22. The summed E-state index contributed by atoms with van der Waals surface area (Å²) in [4.78, 5) is 0. The average molecular weight is 304 g/mol. The topological polar surface area (TPSA) is 58.6 Å². The predicted molar refractivity (Wildman–Crippen MR) is 79.8 cm³/mol. The summed E-state index contributed by atoms with van der Waals surface area (Å²) in [6.07, 6.45) is 9.43. The van der Waals surface area contributed by atoms with E-state index in [4.69, 9.17) is 4.74 Å². The molecule has 2 aliphatic rings. The van der Waals surface area contributed by atoms with E-state index in [2.05, 4.69) is 4.72 Å². The van der Waals surface area contributed by atoms with Gasteiger partial charge in [0.15, 0.2) is 0 Å². The van der Waals surface area contributed by atoms with E-state index in [1.54, 1.807) is 11.4 Å². The van der Waals surface area contributed by atoms with Crippen molar-refractivity contribution in [3.8, 4) is 0 Å². The van der Waals surface area contributed by atoms with Gasteiger partial charge < -0.3 is 4.74 Å². The Labute approximate surface area is 123 Å². The van der Waals surface area contributed by atoms with Gasteiger partial charge in [0.25, 0.3) is 10.2 Å². The zero-order chi connectivity index (χ0) is 14.4. The molecule has 0 aromatic carbocycles. The Hall–Kier alpha value is -0.170. The highest BCUT2D eigenvalue weighted by Gasteiger charge is 2.31. The Morgan fingerprint density at radius 3 is 2.20 bits per heavy atom. The minimum Gasteiger partial charge on any atom is -0.380 e. The first-order valence-electron chi connectivity index (χ1n) is 7.93. The molecule has 0 bridgehead atoms. The Morgan fingerprint density at radius 1 is 0.950 bits per heavy atom. The van der Waals surface area contributed by atoms with Crippen LogP contribution in [0, 0.1) is 0 Å². The van der Waals surface area contributed by atoms with Crippen LogP contribution in [0.3, 0.4) is 0 Å². The Balaban J connectivity index is 2.01. The third-order valence-electron chi connectivity index (χ3n) is 4.46. The first kappa shape index (κ1) is 16.2. The van der Waals surface area contributed by atoms with Crippen LogP contribution < -0.4 is 4.72 Å². The number of methoxy groups -OCH3 is 1. The minimum absolute atomic E-state index is 0.0132. The quantitative estimate of drug-likeness (QED) is 0.809. The highest BCUT2D eigenvalue weighted by molar-refractivity contribution is 7.87. The third-order valence-corrected chi connectivity index (χ3v) is 6.11. The van der Waals surface area contributed by atoms with Gasteiger partial charge in [0.1, 0.15) is 0 Å². The molecule has 6 heteroatoms. The van der Waals surface area contributed by atoms with E-state index < -0.39 is 10.2 Å². The van der Waals surface area contributed by atoms with Crippen molar-refractivity contribution >= 4 is 10.2 Å². The molecule has 0 unspecified atom stereocenters. The summed E-state index contributed by atoms with van der Waals surface area (Å²) in [5.41, 5.74) is 0. The predicted octanol–water partition coefficient (Wildman–Crippen LogP) is 2.04. The first-order chi connectivity index (χ1) is 9.63. The molecule has 118 valence electrons. The van der Waals surface area contributed by atoms with Gasteiger partial charge in [-0.1, -0.05) is 32.1 Å². The van der Waals surface area contributed by atoms with Crippen molar-refractivity contribution in [2.24, 2.45) is 0 Å². The van der Waals surface area contributed by atoms with Crippen molar-refractivity contribution in [1.82, 2.24) is 9.03 Å². The molecule has 0 radical (unpaired) electrons. The van der Waals surface area contributed by atoms with E-state index >= 15 is 0 Å². The van der Waals surface area contributed by atoms with E-state index in [1.165, 1.54) is 6.42 Å². The van der Waals surface area contributed by atoms with Gasteiger partial charge in [0.05, 0.1) is 6.10 Å². The maximum atomic E-state index is 12.5. The van der Waals surface area contributed by atoms with Crippen molar-refractivity contribution in [2.45, 2.75) is 69.9 Å². The summed E-state index contributed by atoms with van der Waals surface area (Å²) in [5, 5.41) is 0. The Morgan fingerprint density at radius 2 is 1.55 bits per heavy atom. The van der Waals surface area contributed by atoms with Crippen LogP contribution >= 0.6 is 0 Å². The largest absolute Gasteiger partial charge is 0.380 e.